The van der Waals surface area contributed by atoms with Crippen molar-refractivity contribution in [1.29, 1.82) is 0 Å². The number of carbonyl (C=O) groups excluding carboxylic acids is 6. The van der Waals surface area contributed by atoms with E-state index < -0.39 is 96.5 Å². The quantitative estimate of drug-likeness (QED) is 0.0451. The molecule has 63 heavy (non-hydrogen) atoms. The molecule has 0 saturated carbocycles. The summed E-state index contributed by atoms with van der Waals surface area (Å²) in [5.41, 5.74) is 13.6. The molecule has 4 rings (SSSR count). The zero-order valence-electron chi connectivity index (χ0n) is 33.8. The number of aromatic hydroxyl groups is 2. The van der Waals surface area contributed by atoms with Crippen molar-refractivity contribution in [3.8, 4) is 11.5 Å². The second kappa shape index (κ2) is 23.3. The first kappa shape index (κ1) is 47.9. The zero-order chi connectivity index (χ0) is 46.1. The van der Waals surface area contributed by atoms with Crippen molar-refractivity contribution >= 4 is 47.4 Å². The molecule has 0 saturated heterocycles. The van der Waals surface area contributed by atoms with Crippen molar-refractivity contribution in [2.45, 2.75) is 74.8 Å². The lowest BCUT2D eigenvalue weighted by molar-refractivity contribution is -0.142. The van der Waals surface area contributed by atoms with E-state index in [1.54, 1.807) is 60.7 Å². The Labute approximate surface area is 361 Å². The maximum atomic E-state index is 14.1. The Hall–Kier alpha value is -7.80. The number of hydrogen-bond donors (Lipinski definition) is 11. The average molecular weight is 868 g/mol. The van der Waals surface area contributed by atoms with Gasteiger partial charge in [-0.2, -0.15) is 0 Å². The van der Waals surface area contributed by atoms with Gasteiger partial charge in [0.2, 0.25) is 35.4 Å². The molecule has 0 fully saturated rings. The molecule has 0 unspecified atom stereocenters. The Bertz CT molecular complexity index is 2230. The van der Waals surface area contributed by atoms with Gasteiger partial charge in [0.1, 0.15) is 41.7 Å². The number of carboxylic acids is 2. The van der Waals surface area contributed by atoms with E-state index in [2.05, 4.69) is 26.6 Å². The minimum atomic E-state index is -1.78. The number of nitrogens with two attached hydrogens (primary N) is 2. The lowest BCUT2D eigenvalue weighted by Gasteiger charge is -2.27. The lowest BCUT2D eigenvalue weighted by Crippen LogP contribution is -2.60. The van der Waals surface area contributed by atoms with E-state index in [4.69, 9.17) is 11.5 Å². The van der Waals surface area contributed by atoms with Crippen molar-refractivity contribution in [3.05, 3.63) is 131 Å². The highest BCUT2D eigenvalue weighted by molar-refractivity contribution is 5.98. The van der Waals surface area contributed by atoms with Gasteiger partial charge in [-0.1, -0.05) is 84.9 Å². The summed E-state index contributed by atoms with van der Waals surface area (Å²) < 4.78 is 0. The Kier molecular flexibility index (Phi) is 17.7. The third-order valence-electron chi connectivity index (χ3n) is 9.60. The third-order valence-corrected chi connectivity index (χ3v) is 9.60. The highest BCUT2D eigenvalue weighted by Gasteiger charge is 2.34. The SMILES string of the molecule is NC(=O)C[C@H](NC(=O)[C@H](Cc1ccc(O)cc1)NC(=O)[C@H](CC(=O)O)NC(=O)[C@@H](N)Cc1ccccc1)C(=O)N[C@@H](Cc1ccccc1)C(=O)N[C@@H](Cc1ccc(O)cc1)C(=O)O. The van der Waals surface area contributed by atoms with Crippen LogP contribution in [0.25, 0.3) is 0 Å². The summed E-state index contributed by atoms with van der Waals surface area (Å²) >= 11 is 0. The maximum absolute atomic E-state index is 14.1. The minimum absolute atomic E-state index is 0.0527. The van der Waals surface area contributed by atoms with Crippen LogP contribution in [-0.2, 0) is 64.0 Å². The van der Waals surface area contributed by atoms with Crippen LogP contribution in [0.3, 0.4) is 0 Å². The van der Waals surface area contributed by atoms with Gasteiger partial charge in [0.25, 0.3) is 0 Å². The number of aliphatic carboxylic acids is 2. The maximum Gasteiger partial charge on any atom is 0.326 e. The molecule has 13 N–H and O–H groups in total. The summed E-state index contributed by atoms with van der Waals surface area (Å²) in [7, 11) is 0. The van der Waals surface area contributed by atoms with Gasteiger partial charge in [-0.3, -0.25) is 33.6 Å². The van der Waals surface area contributed by atoms with Crippen molar-refractivity contribution in [1.82, 2.24) is 26.6 Å². The van der Waals surface area contributed by atoms with Crippen LogP contribution in [0.2, 0.25) is 0 Å². The molecule has 0 spiro atoms. The Morgan fingerprint density at radius 3 is 1.17 bits per heavy atom. The average Bonchev–Trinajstić information content (AvgIpc) is 3.24. The monoisotopic (exact) mass is 867 g/mol. The summed E-state index contributed by atoms with van der Waals surface area (Å²) in [5, 5.41) is 51.0. The molecule has 332 valence electrons. The van der Waals surface area contributed by atoms with Crippen LogP contribution in [0.1, 0.15) is 35.1 Å². The highest BCUT2D eigenvalue weighted by atomic mass is 16.4. The molecule has 4 aromatic carbocycles. The van der Waals surface area contributed by atoms with Gasteiger partial charge in [0.15, 0.2) is 0 Å². The van der Waals surface area contributed by atoms with Crippen molar-refractivity contribution in [2.75, 3.05) is 0 Å². The van der Waals surface area contributed by atoms with E-state index in [1.807, 2.05) is 0 Å². The molecule has 0 aromatic heterocycles. The fourth-order valence-corrected chi connectivity index (χ4v) is 6.33. The number of phenols is 2. The summed E-state index contributed by atoms with van der Waals surface area (Å²) in [6.45, 7) is 0. The first-order valence-electron chi connectivity index (χ1n) is 19.6. The Balaban J connectivity index is 1.58. The predicted molar refractivity (Wildman–Crippen MR) is 225 cm³/mol. The first-order valence-corrected chi connectivity index (χ1v) is 19.6. The number of carboxylic acid groups (broad SMARTS) is 2. The van der Waals surface area contributed by atoms with Gasteiger partial charge in [0, 0.05) is 19.3 Å². The molecule has 0 aliphatic carbocycles. The van der Waals surface area contributed by atoms with Crippen molar-refractivity contribution in [2.24, 2.45) is 11.5 Å². The van der Waals surface area contributed by atoms with Crippen LogP contribution in [0, 0.1) is 0 Å². The number of rotatable bonds is 23. The molecule has 0 aliphatic heterocycles. The second-order valence-electron chi connectivity index (χ2n) is 14.6. The van der Waals surface area contributed by atoms with E-state index >= 15 is 0 Å². The minimum Gasteiger partial charge on any atom is -0.508 e. The van der Waals surface area contributed by atoms with Crippen LogP contribution < -0.4 is 38.1 Å². The van der Waals surface area contributed by atoms with Gasteiger partial charge >= 0.3 is 11.9 Å². The van der Waals surface area contributed by atoms with Gasteiger partial charge in [0.05, 0.1) is 18.9 Å². The molecular weight excluding hydrogens is 819 g/mol. The zero-order valence-corrected chi connectivity index (χ0v) is 33.8. The molecule has 6 atom stereocenters. The third kappa shape index (κ3) is 16.0. The normalized spacial score (nSPS) is 13.7. The van der Waals surface area contributed by atoms with E-state index in [-0.39, 0.29) is 37.2 Å². The number of primary amides is 1. The number of carbonyl (C=O) groups is 8. The number of nitrogens with one attached hydrogen (secondary N) is 5. The van der Waals surface area contributed by atoms with E-state index in [0.29, 0.717) is 22.3 Å². The van der Waals surface area contributed by atoms with E-state index in [9.17, 15) is 58.8 Å². The molecule has 4 aromatic rings. The molecule has 0 heterocycles. The van der Waals surface area contributed by atoms with Gasteiger partial charge < -0.3 is 58.5 Å². The Morgan fingerprint density at radius 2 is 0.762 bits per heavy atom. The van der Waals surface area contributed by atoms with Crippen LogP contribution >= 0.6 is 0 Å². The van der Waals surface area contributed by atoms with E-state index in [1.165, 1.54) is 48.5 Å². The first-order chi connectivity index (χ1) is 30.0. The van der Waals surface area contributed by atoms with Crippen molar-refractivity contribution < 1.29 is 58.8 Å². The van der Waals surface area contributed by atoms with Crippen LogP contribution in [0.15, 0.2) is 109 Å². The van der Waals surface area contributed by atoms with Crippen LogP contribution in [0.4, 0.5) is 0 Å². The van der Waals surface area contributed by atoms with Gasteiger partial charge in [-0.05, 0) is 52.9 Å². The molecule has 19 nitrogen and oxygen atoms in total. The number of phenolic OH excluding ortho intramolecular Hbond substituents is 2. The Morgan fingerprint density at radius 1 is 0.429 bits per heavy atom. The lowest BCUT2D eigenvalue weighted by atomic mass is 10.0. The number of hydrogen-bond acceptors (Lipinski definition) is 11. The van der Waals surface area contributed by atoms with E-state index in [0.717, 1.165) is 0 Å². The van der Waals surface area contributed by atoms with Crippen molar-refractivity contribution in [3.63, 3.8) is 0 Å². The number of amides is 6. The van der Waals surface area contributed by atoms with Gasteiger partial charge in [-0.25, -0.2) is 4.79 Å². The topological polar surface area (TPSA) is 330 Å². The summed E-state index contributed by atoms with van der Waals surface area (Å²) in [4.78, 5) is 105. The molecule has 19 heteroatoms. The molecule has 0 aliphatic rings. The molecule has 0 radical (unpaired) electrons. The largest absolute Gasteiger partial charge is 0.508 e. The summed E-state index contributed by atoms with van der Waals surface area (Å²) in [6.07, 6.45) is -2.37. The smallest absolute Gasteiger partial charge is 0.326 e. The number of benzene rings is 4. The van der Waals surface area contributed by atoms with Crippen LogP contribution in [-0.4, -0.2) is 104 Å². The summed E-state index contributed by atoms with van der Waals surface area (Å²) in [6, 6.07) is 18.8. The second-order valence-corrected chi connectivity index (χ2v) is 14.6. The summed E-state index contributed by atoms with van der Waals surface area (Å²) in [5.74, 6) is -9.21. The predicted octanol–water partition coefficient (Wildman–Crippen LogP) is -0.446. The van der Waals surface area contributed by atoms with Crippen LogP contribution in [0.5, 0.6) is 11.5 Å². The standard InChI is InChI=1S/C44H49N7O12/c45-31(19-25-7-3-1-4-8-25)39(57)47-35(24-38(55)56)43(61)49-33(21-27-11-15-29(52)16-12-27)40(58)50-34(23-37(46)54)42(60)48-32(20-26-9-5-2-6-10-26)41(59)51-36(44(62)63)22-28-13-17-30(53)18-14-28/h1-18,31-36,52-53H,19-24,45H2,(H2,46,54)(H,47,57)(H,48,60)(H,49,61)(H,50,58)(H,51,59)(H,55,56)(H,62,63)/t31-,32-,33-,34-,35-,36-/m0/s1. The fraction of sp³-hybridized carbons (Fsp3) is 0.273. The molecule has 6 amide bonds. The molecular formula is C44H49N7O12. The fourth-order valence-electron chi connectivity index (χ4n) is 6.33. The van der Waals surface area contributed by atoms with Gasteiger partial charge in [-0.15, -0.1) is 0 Å². The molecule has 0 bridgehead atoms. The highest BCUT2D eigenvalue weighted by Crippen LogP contribution is 2.14.